The fourth-order valence-electron chi connectivity index (χ4n) is 1.26. The molecular formula is C11H11NO. The van der Waals surface area contributed by atoms with Gasteiger partial charge < -0.3 is 10.1 Å². The summed E-state index contributed by atoms with van der Waals surface area (Å²) in [5.74, 6) is 12.5. The second-order valence-corrected chi connectivity index (χ2v) is 3.51. The predicted octanol–water partition coefficient (Wildman–Crippen LogP) is 0.863. The van der Waals surface area contributed by atoms with E-state index in [-0.39, 0.29) is 0 Å². The highest BCUT2D eigenvalue weighted by atomic mass is 16.5. The van der Waals surface area contributed by atoms with Gasteiger partial charge in [0.15, 0.2) is 0 Å². The molecule has 0 radical (unpaired) electrons. The summed E-state index contributed by atoms with van der Waals surface area (Å²) in [6, 6.07) is 0.395. The van der Waals surface area contributed by atoms with Gasteiger partial charge in [-0.15, -0.1) is 0 Å². The van der Waals surface area contributed by atoms with Crippen molar-refractivity contribution in [3.63, 3.8) is 0 Å². The number of hydrogen-bond donors (Lipinski definition) is 1. The Labute approximate surface area is 78.3 Å². The van der Waals surface area contributed by atoms with Crippen molar-refractivity contribution in [2.75, 3.05) is 6.61 Å². The summed E-state index contributed by atoms with van der Waals surface area (Å²) in [6.07, 6.45) is 0. The van der Waals surface area contributed by atoms with Crippen molar-refractivity contribution in [1.82, 2.24) is 5.32 Å². The number of ether oxygens (including phenoxy) is 1. The minimum absolute atomic E-state index is 0.395. The van der Waals surface area contributed by atoms with E-state index in [9.17, 15) is 0 Å². The Morgan fingerprint density at radius 3 is 2.62 bits per heavy atom. The molecule has 2 nitrogen and oxygen atoms in total. The van der Waals surface area contributed by atoms with E-state index in [0.717, 1.165) is 18.1 Å². The Kier molecular flexibility index (Phi) is 1.91. The third kappa shape index (κ3) is 1.48. The molecule has 0 unspecified atom stereocenters. The highest BCUT2D eigenvalue weighted by molar-refractivity contribution is 5.57. The SMILES string of the molecule is CC(C)[C@@H]1COC(=C2C#CC#C2)N1. The Balaban J connectivity index is 2.13. The lowest BCUT2D eigenvalue weighted by Gasteiger charge is -2.10. The van der Waals surface area contributed by atoms with Gasteiger partial charge in [0.25, 0.3) is 0 Å². The van der Waals surface area contributed by atoms with Crippen molar-refractivity contribution < 1.29 is 4.74 Å². The van der Waals surface area contributed by atoms with Gasteiger partial charge in [-0.25, -0.2) is 0 Å². The Morgan fingerprint density at radius 2 is 2.08 bits per heavy atom. The lowest BCUT2D eigenvalue weighted by Crippen LogP contribution is -2.28. The average molecular weight is 173 g/mol. The molecule has 2 aliphatic rings. The molecule has 66 valence electrons. The van der Waals surface area contributed by atoms with Crippen LogP contribution in [0.5, 0.6) is 0 Å². The zero-order valence-electron chi connectivity index (χ0n) is 7.77. The maximum absolute atomic E-state index is 5.47. The summed E-state index contributed by atoms with van der Waals surface area (Å²) in [4.78, 5) is 0. The van der Waals surface area contributed by atoms with E-state index >= 15 is 0 Å². The monoisotopic (exact) mass is 173 g/mol. The maximum atomic E-state index is 5.47. The molecule has 1 fully saturated rings. The molecule has 1 N–H and O–H groups in total. The smallest absolute Gasteiger partial charge is 0.212 e. The molecule has 0 bridgehead atoms. The maximum Gasteiger partial charge on any atom is 0.212 e. The molecule has 1 aliphatic carbocycles. The van der Waals surface area contributed by atoms with E-state index in [2.05, 4.69) is 42.8 Å². The zero-order chi connectivity index (χ0) is 9.26. The number of nitrogens with one attached hydrogen (secondary N) is 1. The number of hydrogen-bond acceptors (Lipinski definition) is 2. The minimum atomic E-state index is 0.395. The van der Waals surface area contributed by atoms with Gasteiger partial charge in [0.05, 0.1) is 6.04 Å². The highest BCUT2D eigenvalue weighted by Gasteiger charge is 2.24. The summed E-state index contributed by atoms with van der Waals surface area (Å²) < 4.78 is 5.47. The van der Waals surface area contributed by atoms with E-state index in [1.165, 1.54) is 0 Å². The lowest BCUT2D eigenvalue weighted by atomic mass is 10.1. The Morgan fingerprint density at radius 1 is 1.38 bits per heavy atom. The van der Waals surface area contributed by atoms with Crippen molar-refractivity contribution >= 4 is 0 Å². The first kappa shape index (κ1) is 8.08. The van der Waals surface area contributed by atoms with Crippen LogP contribution in [0.4, 0.5) is 0 Å². The first-order valence-corrected chi connectivity index (χ1v) is 4.43. The van der Waals surface area contributed by atoms with Crippen LogP contribution in [0.1, 0.15) is 13.8 Å². The normalized spacial score (nSPS) is 23.2. The molecule has 0 spiro atoms. The molecule has 0 aromatic carbocycles. The van der Waals surface area contributed by atoms with Crippen LogP contribution in [-0.2, 0) is 4.74 Å². The van der Waals surface area contributed by atoms with Gasteiger partial charge in [-0.1, -0.05) is 13.8 Å². The summed E-state index contributed by atoms with van der Waals surface area (Å²) in [5, 5.41) is 3.28. The summed E-state index contributed by atoms with van der Waals surface area (Å²) in [5.41, 5.74) is 0.795. The topological polar surface area (TPSA) is 21.3 Å². The molecule has 0 aromatic rings. The second kappa shape index (κ2) is 3.07. The van der Waals surface area contributed by atoms with Gasteiger partial charge in [0, 0.05) is 0 Å². The molecule has 0 aromatic heterocycles. The van der Waals surface area contributed by atoms with Crippen molar-refractivity contribution in [2.45, 2.75) is 19.9 Å². The van der Waals surface area contributed by atoms with Crippen LogP contribution in [0.3, 0.4) is 0 Å². The average Bonchev–Trinajstić information content (AvgIpc) is 2.75. The van der Waals surface area contributed by atoms with E-state index in [1.54, 1.807) is 0 Å². The lowest BCUT2D eigenvalue weighted by molar-refractivity contribution is 0.243. The van der Waals surface area contributed by atoms with Gasteiger partial charge in [-0.2, -0.15) is 0 Å². The molecule has 2 heteroatoms. The van der Waals surface area contributed by atoms with Gasteiger partial charge in [0.2, 0.25) is 5.88 Å². The van der Waals surface area contributed by atoms with Crippen LogP contribution in [-0.4, -0.2) is 12.6 Å². The molecule has 13 heavy (non-hydrogen) atoms. The Hall–Kier alpha value is -1.54. The fourth-order valence-corrected chi connectivity index (χ4v) is 1.26. The summed E-state index contributed by atoms with van der Waals surface area (Å²) in [6.45, 7) is 5.06. The first-order valence-electron chi connectivity index (χ1n) is 4.43. The molecule has 1 atom stereocenters. The molecular weight excluding hydrogens is 162 g/mol. The fraction of sp³-hybridized carbons (Fsp3) is 0.455. The first-order chi connectivity index (χ1) is 6.27. The quantitative estimate of drug-likeness (QED) is 0.594. The summed E-state index contributed by atoms with van der Waals surface area (Å²) >= 11 is 0. The standard InChI is InChI=1S/C11H11NO/c1-8(2)10-7-13-11(12-10)9-5-3-4-6-9/h8,10,12H,7H2,1-2H3/t10-/m0/s1. The van der Waals surface area contributed by atoms with Crippen molar-refractivity contribution in [1.29, 1.82) is 0 Å². The third-order valence-corrected chi connectivity index (χ3v) is 2.19. The predicted molar refractivity (Wildman–Crippen MR) is 50.3 cm³/mol. The largest absolute Gasteiger partial charge is 0.476 e. The second-order valence-electron chi connectivity index (χ2n) is 3.51. The van der Waals surface area contributed by atoms with Crippen LogP contribution in [0.25, 0.3) is 0 Å². The van der Waals surface area contributed by atoms with Crippen molar-refractivity contribution in [2.24, 2.45) is 5.92 Å². The molecule has 1 aliphatic heterocycles. The van der Waals surface area contributed by atoms with Crippen molar-refractivity contribution in [3.8, 4) is 23.7 Å². The van der Waals surface area contributed by atoms with E-state index in [1.807, 2.05) is 0 Å². The zero-order valence-corrected chi connectivity index (χ0v) is 7.77. The molecule has 1 saturated heterocycles. The molecule has 1 heterocycles. The van der Waals surface area contributed by atoms with Gasteiger partial charge >= 0.3 is 0 Å². The molecule has 2 rings (SSSR count). The van der Waals surface area contributed by atoms with E-state index in [0.29, 0.717) is 12.0 Å². The van der Waals surface area contributed by atoms with Crippen molar-refractivity contribution in [3.05, 3.63) is 11.5 Å². The molecule has 0 amide bonds. The number of allylic oxidation sites excluding steroid dienone is 1. The van der Waals surface area contributed by atoms with Crippen LogP contribution in [0.15, 0.2) is 11.5 Å². The van der Waals surface area contributed by atoms with Gasteiger partial charge in [0.1, 0.15) is 12.2 Å². The van der Waals surface area contributed by atoms with Gasteiger partial charge in [-0.05, 0) is 29.6 Å². The number of rotatable bonds is 1. The minimum Gasteiger partial charge on any atom is -0.476 e. The van der Waals surface area contributed by atoms with E-state index in [4.69, 9.17) is 4.74 Å². The van der Waals surface area contributed by atoms with Gasteiger partial charge in [-0.3, -0.25) is 0 Å². The summed E-state index contributed by atoms with van der Waals surface area (Å²) in [7, 11) is 0. The van der Waals surface area contributed by atoms with Crippen LogP contribution in [0.2, 0.25) is 0 Å². The van der Waals surface area contributed by atoms with Crippen LogP contribution < -0.4 is 5.32 Å². The Bertz CT molecular complexity index is 348. The molecule has 0 saturated carbocycles. The van der Waals surface area contributed by atoms with E-state index < -0.39 is 0 Å². The van der Waals surface area contributed by atoms with Crippen LogP contribution >= 0.6 is 0 Å². The third-order valence-electron chi connectivity index (χ3n) is 2.19. The van der Waals surface area contributed by atoms with Crippen LogP contribution in [0, 0.1) is 29.6 Å². The highest BCUT2D eigenvalue weighted by Crippen LogP contribution is 2.16.